The number of hydrogen-bond acceptors (Lipinski definition) is 5. The molecule has 4 N–H and O–H groups in total. The van der Waals surface area contributed by atoms with Crippen LogP contribution < -0.4 is 22.3 Å². The molecule has 1 heterocycles. The number of aromatic nitrogens is 2. The van der Waals surface area contributed by atoms with E-state index in [0.29, 0.717) is 19.7 Å². The fourth-order valence-electron chi connectivity index (χ4n) is 1.88. The van der Waals surface area contributed by atoms with Crippen molar-refractivity contribution in [3.05, 3.63) is 20.8 Å². The zero-order valence-electron chi connectivity index (χ0n) is 12.2. The summed E-state index contributed by atoms with van der Waals surface area (Å²) < 4.78 is 6.36. The topological polar surface area (TPSA) is 102 Å². The lowest BCUT2D eigenvalue weighted by atomic mass is 10.3. The van der Waals surface area contributed by atoms with Gasteiger partial charge in [0.05, 0.1) is 0 Å². The summed E-state index contributed by atoms with van der Waals surface area (Å²) in [4.78, 5) is 25.8. The molecule has 0 aliphatic rings. The minimum Gasteiger partial charge on any atom is -0.385 e. The van der Waals surface area contributed by atoms with Gasteiger partial charge in [0.2, 0.25) is 0 Å². The van der Waals surface area contributed by atoms with Gasteiger partial charge in [0, 0.05) is 26.8 Å². The number of aromatic amines is 1. The summed E-state index contributed by atoms with van der Waals surface area (Å²) in [6.45, 7) is 3.84. The fraction of sp³-hybridized carbons (Fsp3) is 0.692. The van der Waals surface area contributed by atoms with E-state index in [1.807, 2.05) is 6.92 Å². The number of unbranched alkanes of at least 4 members (excludes halogenated alkanes) is 2. The number of H-pyrrole nitrogens is 1. The van der Waals surface area contributed by atoms with Gasteiger partial charge >= 0.3 is 5.69 Å². The Hall–Kier alpha value is -1.76. The van der Waals surface area contributed by atoms with E-state index in [4.69, 9.17) is 10.5 Å². The predicted octanol–water partition coefficient (Wildman–Crippen LogP) is 0.757. The van der Waals surface area contributed by atoms with Crippen molar-refractivity contribution < 1.29 is 4.74 Å². The molecule has 0 aromatic carbocycles. The molecule has 0 atom stereocenters. The van der Waals surface area contributed by atoms with Crippen molar-refractivity contribution in [3.63, 3.8) is 0 Å². The largest absolute Gasteiger partial charge is 0.385 e. The van der Waals surface area contributed by atoms with Gasteiger partial charge in [0.15, 0.2) is 0 Å². The van der Waals surface area contributed by atoms with E-state index < -0.39 is 11.2 Å². The molecule has 0 fully saturated rings. The summed E-state index contributed by atoms with van der Waals surface area (Å²) in [7, 11) is 1.65. The minimum atomic E-state index is -0.466. The molecule has 7 nitrogen and oxygen atoms in total. The van der Waals surface area contributed by atoms with Crippen LogP contribution >= 0.6 is 0 Å². The van der Waals surface area contributed by atoms with E-state index >= 15 is 0 Å². The SMILES string of the molecule is CCCCn1c(N)c(NCCCCOC)c(=O)[nH]c1=O. The number of nitrogens with zero attached hydrogens (tertiary/aromatic N) is 1. The van der Waals surface area contributed by atoms with Gasteiger partial charge < -0.3 is 15.8 Å². The number of rotatable bonds is 9. The van der Waals surface area contributed by atoms with Crippen molar-refractivity contribution in [2.75, 3.05) is 31.3 Å². The van der Waals surface area contributed by atoms with Crippen LogP contribution in [0.2, 0.25) is 0 Å². The first-order valence-electron chi connectivity index (χ1n) is 6.97. The first-order valence-corrected chi connectivity index (χ1v) is 6.97. The highest BCUT2D eigenvalue weighted by Crippen LogP contribution is 2.11. The van der Waals surface area contributed by atoms with E-state index in [9.17, 15) is 9.59 Å². The van der Waals surface area contributed by atoms with Gasteiger partial charge in [-0.2, -0.15) is 0 Å². The molecule has 1 aromatic rings. The van der Waals surface area contributed by atoms with Crippen LogP contribution in [-0.2, 0) is 11.3 Å². The summed E-state index contributed by atoms with van der Waals surface area (Å²) in [6.07, 6.45) is 3.55. The van der Waals surface area contributed by atoms with E-state index in [2.05, 4.69) is 10.3 Å². The molecule has 0 unspecified atom stereocenters. The molecule has 20 heavy (non-hydrogen) atoms. The molecule has 7 heteroatoms. The normalized spacial score (nSPS) is 10.7. The van der Waals surface area contributed by atoms with Crippen LogP contribution in [0.4, 0.5) is 11.5 Å². The first-order chi connectivity index (χ1) is 9.61. The molecule has 0 amide bonds. The molecule has 0 saturated carbocycles. The lowest BCUT2D eigenvalue weighted by Gasteiger charge is -2.13. The summed E-state index contributed by atoms with van der Waals surface area (Å²) in [5.74, 6) is 0.207. The average molecular weight is 284 g/mol. The maximum atomic E-state index is 11.8. The summed E-state index contributed by atoms with van der Waals surface area (Å²) >= 11 is 0. The molecule has 0 spiro atoms. The second-order valence-electron chi connectivity index (χ2n) is 4.65. The van der Waals surface area contributed by atoms with Crippen molar-refractivity contribution in [2.24, 2.45) is 0 Å². The highest BCUT2D eigenvalue weighted by molar-refractivity contribution is 5.60. The predicted molar refractivity (Wildman–Crippen MR) is 80.2 cm³/mol. The Morgan fingerprint density at radius 2 is 2.05 bits per heavy atom. The van der Waals surface area contributed by atoms with Gasteiger partial charge in [0.1, 0.15) is 11.5 Å². The zero-order valence-corrected chi connectivity index (χ0v) is 12.2. The number of anilines is 2. The number of methoxy groups -OCH3 is 1. The van der Waals surface area contributed by atoms with Crippen molar-refractivity contribution in [1.29, 1.82) is 0 Å². The second kappa shape index (κ2) is 8.42. The van der Waals surface area contributed by atoms with Crippen molar-refractivity contribution in [2.45, 2.75) is 39.2 Å². The second-order valence-corrected chi connectivity index (χ2v) is 4.65. The van der Waals surface area contributed by atoms with Gasteiger partial charge in [-0.25, -0.2) is 4.79 Å². The van der Waals surface area contributed by atoms with Crippen LogP contribution in [0.5, 0.6) is 0 Å². The van der Waals surface area contributed by atoms with Gasteiger partial charge in [-0.3, -0.25) is 14.3 Å². The smallest absolute Gasteiger partial charge is 0.330 e. The van der Waals surface area contributed by atoms with E-state index in [1.54, 1.807) is 7.11 Å². The zero-order chi connectivity index (χ0) is 15.0. The van der Waals surface area contributed by atoms with E-state index in [0.717, 1.165) is 25.7 Å². The van der Waals surface area contributed by atoms with Crippen molar-refractivity contribution >= 4 is 11.5 Å². The molecule has 1 aromatic heterocycles. The number of ether oxygens (including phenoxy) is 1. The minimum absolute atomic E-state index is 0.207. The lowest BCUT2D eigenvalue weighted by molar-refractivity contribution is 0.194. The molecule has 1 rings (SSSR count). The molecule has 0 aliphatic carbocycles. The maximum absolute atomic E-state index is 11.8. The summed E-state index contributed by atoms with van der Waals surface area (Å²) in [6, 6.07) is 0. The molecule has 114 valence electrons. The number of nitrogen functional groups attached to an aromatic ring is 1. The summed E-state index contributed by atoms with van der Waals surface area (Å²) in [5.41, 5.74) is 5.28. The third-order valence-corrected chi connectivity index (χ3v) is 3.05. The average Bonchev–Trinajstić information content (AvgIpc) is 2.41. The molecular formula is C13H24N4O3. The van der Waals surface area contributed by atoms with Crippen LogP contribution in [0.3, 0.4) is 0 Å². The Bertz CT molecular complexity index is 521. The van der Waals surface area contributed by atoms with Gasteiger partial charge in [-0.05, 0) is 19.3 Å². The third kappa shape index (κ3) is 4.41. The van der Waals surface area contributed by atoms with Crippen LogP contribution in [-0.4, -0.2) is 29.8 Å². The van der Waals surface area contributed by atoms with Crippen LogP contribution in [0.25, 0.3) is 0 Å². The molecular weight excluding hydrogens is 260 g/mol. The highest BCUT2D eigenvalue weighted by atomic mass is 16.5. The Kier molecular flexibility index (Phi) is 6.86. The van der Waals surface area contributed by atoms with Gasteiger partial charge in [-0.1, -0.05) is 13.3 Å². The monoisotopic (exact) mass is 284 g/mol. The Balaban J connectivity index is 2.79. The third-order valence-electron chi connectivity index (χ3n) is 3.05. The standard InChI is InChI=1S/C13H24N4O3/c1-3-4-8-17-11(14)10(12(18)16-13(17)19)15-7-5-6-9-20-2/h15H,3-9,14H2,1-2H3,(H,16,18,19). The fourth-order valence-corrected chi connectivity index (χ4v) is 1.88. The number of hydrogen-bond donors (Lipinski definition) is 3. The Morgan fingerprint density at radius 3 is 2.70 bits per heavy atom. The maximum Gasteiger partial charge on any atom is 0.330 e. The van der Waals surface area contributed by atoms with Crippen LogP contribution in [0, 0.1) is 0 Å². The van der Waals surface area contributed by atoms with Gasteiger partial charge in [-0.15, -0.1) is 0 Å². The van der Waals surface area contributed by atoms with E-state index in [-0.39, 0.29) is 11.5 Å². The molecule has 0 aliphatic heterocycles. The molecule has 0 saturated heterocycles. The first kappa shape index (κ1) is 16.3. The lowest BCUT2D eigenvalue weighted by Crippen LogP contribution is -2.34. The summed E-state index contributed by atoms with van der Waals surface area (Å²) in [5, 5.41) is 3.00. The quantitative estimate of drug-likeness (QED) is 0.581. The Labute approximate surface area is 118 Å². The number of nitrogens with one attached hydrogen (secondary N) is 2. The molecule has 0 radical (unpaired) electrons. The van der Waals surface area contributed by atoms with E-state index in [1.165, 1.54) is 4.57 Å². The van der Waals surface area contributed by atoms with Crippen molar-refractivity contribution in [1.82, 2.24) is 9.55 Å². The van der Waals surface area contributed by atoms with Crippen LogP contribution in [0.1, 0.15) is 32.6 Å². The Morgan fingerprint density at radius 1 is 1.30 bits per heavy atom. The molecule has 0 bridgehead atoms. The highest BCUT2D eigenvalue weighted by Gasteiger charge is 2.11. The van der Waals surface area contributed by atoms with Crippen LogP contribution in [0.15, 0.2) is 9.59 Å². The number of nitrogens with two attached hydrogens (primary N) is 1. The van der Waals surface area contributed by atoms with Crippen molar-refractivity contribution in [3.8, 4) is 0 Å². The van der Waals surface area contributed by atoms with Gasteiger partial charge in [0.25, 0.3) is 5.56 Å².